The average Bonchev–Trinajstić information content (AvgIpc) is 2.96. The molecule has 220 valence electrons. The summed E-state index contributed by atoms with van der Waals surface area (Å²) in [5.74, 6) is 0. The van der Waals surface area contributed by atoms with Crippen LogP contribution >= 0.6 is 11.6 Å². The molecule has 0 radical (unpaired) electrons. The van der Waals surface area contributed by atoms with E-state index in [2.05, 4.69) is 180 Å². The van der Waals surface area contributed by atoms with Crippen molar-refractivity contribution in [3.63, 3.8) is 0 Å². The molecule has 0 heterocycles. The number of hydrogen-bond donors (Lipinski definition) is 0. The van der Waals surface area contributed by atoms with Crippen LogP contribution in [0.1, 0.15) is 63.8 Å². The summed E-state index contributed by atoms with van der Waals surface area (Å²) in [6.07, 6.45) is 0. The minimum atomic E-state index is 0.0673. The Morgan fingerprint density at radius 3 is 0.977 bits per heavy atom. The number of nitrogens with zero attached hydrogens (tertiary/aromatic N) is 2. The third-order valence-corrected chi connectivity index (χ3v) is 8.39. The highest BCUT2D eigenvalue weighted by Crippen LogP contribution is 2.47. The van der Waals surface area contributed by atoms with E-state index in [-0.39, 0.29) is 10.8 Å². The SMILES string of the molecule is Cc1ccc(N(c2ccc(C)cc2)c2cccc(N(c3ccc(C(C)(C)C)cc3)c3ccc(C(C)(C)C)cc3)c2Cl)cc1. The lowest BCUT2D eigenvalue weighted by Gasteiger charge is -2.31. The van der Waals surface area contributed by atoms with Crippen molar-refractivity contribution < 1.29 is 0 Å². The molecular weight excluding hydrogens is 544 g/mol. The van der Waals surface area contributed by atoms with Gasteiger partial charge in [0.05, 0.1) is 16.4 Å². The second kappa shape index (κ2) is 11.9. The van der Waals surface area contributed by atoms with Gasteiger partial charge in [-0.1, -0.05) is 119 Å². The molecular formula is C40H43ClN2. The third kappa shape index (κ3) is 6.65. The first-order valence-corrected chi connectivity index (χ1v) is 15.4. The molecule has 0 amide bonds. The topological polar surface area (TPSA) is 6.48 Å². The minimum Gasteiger partial charge on any atom is -0.309 e. The van der Waals surface area contributed by atoms with Gasteiger partial charge < -0.3 is 9.80 Å². The highest BCUT2D eigenvalue weighted by Gasteiger charge is 2.23. The first-order valence-electron chi connectivity index (χ1n) is 15.1. The standard InChI is InChI=1S/C40H43ClN2/c1-28-12-20-32(21-13-28)42(33-22-14-29(2)15-23-33)36-10-9-11-37(38(36)41)43(34-24-16-30(17-25-34)39(3,4)5)35-26-18-31(19-27-35)40(6,7)8/h9-27H,1-8H3. The van der Waals surface area contributed by atoms with Crippen LogP contribution in [0.25, 0.3) is 0 Å². The van der Waals surface area contributed by atoms with Gasteiger partial charge >= 0.3 is 0 Å². The maximum Gasteiger partial charge on any atom is 0.0887 e. The summed E-state index contributed by atoms with van der Waals surface area (Å²) >= 11 is 7.48. The summed E-state index contributed by atoms with van der Waals surface area (Å²) in [5.41, 5.74) is 11.3. The van der Waals surface area contributed by atoms with Crippen LogP contribution in [0.2, 0.25) is 5.02 Å². The fourth-order valence-corrected chi connectivity index (χ4v) is 5.61. The third-order valence-electron chi connectivity index (χ3n) is 8.01. The fourth-order valence-electron chi connectivity index (χ4n) is 5.32. The van der Waals surface area contributed by atoms with Crippen molar-refractivity contribution in [1.29, 1.82) is 0 Å². The lowest BCUT2D eigenvalue weighted by atomic mass is 9.86. The zero-order chi connectivity index (χ0) is 30.9. The molecule has 0 atom stereocenters. The summed E-state index contributed by atoms with van der Waals surface area (Å²) in [5, 5.41) is 0.684. The molecule has 5 rings (SSSR count). The molecule has 0 aromatic heterocycles. The van der Waals surface area contributed by atoms with Gasteiger partial charge in [0, 0.05) is 22.7 Å². The second-order valence-corrected chi connectivity index (χ2v) is 13.9. The Hall–Kier alpha value is -4.01. The van der Waals surface area contributed by atoms with Gasteiger partial charge in [-0.25, -0.2) is 0 Å². The molecule has 2 nitrogen and oxygen atoms in total. The zero-order valence-electron chi connectivity index (χ0n) is 26.7. The van der Waals surface area contributed by atoms with Crippen molar-refractivity contribution in [2.75, 3.05) is 9.80 Å². The van der Waals surface area contributed by atoms with Gasteiger partial charge in [-0.15, -0.1) is 0 Å². The van der Waals surface area contributed by atoms with Gasteiger partial charge in [0.2, 0.25) is 0 Å². The summed E-state index contributed by atoms with van der Waals surface area (Å²) in [6, 6.07) is 41.3. The highest BCUT2D eigenvalue weighted by atomic mass is 35.5. The summed E-state index contributed by atoms with van der Waals surface area (Å²) in [7, 11) is 0. The van der Waals surface area contributed by atoms with E-state index in [1.54, 1.807) is 0 Å². The Balaban J connectivity index is 1.70. The van der Waals surface area contributed by atoms with E-state index in [1.165, 1.54) is 22.3 Å². The van der Waals surface area contributed by atoms with E-state index in [0.29, 0.717) is 5.02 Å². The molecule has 0 saturated heterocycles. The number of benzene rings is 5. The van der Waals surface area contributed by atoms with Gasteiger partial charge in [0.1, 0.15) is 0 Å². The minimum absolute atomic E-state index is 0.0673. The van der Waals surface area contributed by atoms with Crippen molar-refractivity contribution in [3.8, 4) is 0 Å². The Kier molecular flexibility index (Phi) is 8.45. The van der Waals surface area contributed by atoms with Crippen LogP contribution in [-0.4, -0.2) is 0 Å². The molecule has 0 saturated carbocycles. The predicted octanol–water partition coefficient (Wildman–Crippen LogP) is 12.5. The van der Waals surface area contributed by atoms with Crippen LogP contribution < -0.4 is 9.80 Å². The average molecular weight is 587 g/mol. The first-order chi connectivity index (χ1) is 20.3. The maximum atomic E-state index is 7.48. The van der Waals surface area contributed by atoms with Crippen molar-refractivity contribution in [2.24, 2.45) is 0 Å². The number of hydrogen-bond acceptors (Lipinski definition) is 2. The van der Waals surface area contributed by atoms with Crippen molar-refractivity contribution in [1.82, 2.24) is 0 Å². The monoisotopic (exact) mass is 586 g/mol. The molecule has 5 aromatic carbocycles. The largest absolute Gasteiger partial charge is 0.309 e. The number of rotatable bonds is 6. The van der Waals surface area contributed by atoms with E-state index >= 15 is 0 Å². The molecule has 0 unspecified atom stereocenters. The van der Waals surface area contributed by atoms with Gasteiger partial charge in [-0.05, 0) is 96.5 Å². The Morgan fingerprint density at radius 2 is 0.698 bits per heavy atom. The van der Waals surface area contributed by atoms with E-state index in [4.69, 9.17) is 11.6 Å². The van der Waals surface area contributed by atoms with Crippen LogP contribution in [0.3, 0.4) is 0 Å². The fraction of sp³-hybridized carbons (Fsp3) is 0.250. The number of halogens is 1. The van der Waals surface area contributed by atoms with Gasteiger partial charge in [0.15, 0.2) is 0 Å². The lowest BCUT2D eigenvalue weighted by molar-refractivity contribution is 0.590. The van der Waals surface area contributed by atoms with Crippen molar-refractivity contribution in [2.45, 2.75) is 66.2 Å². The molecule has 3 heteroatoms. The van der Waals surface area contributed by atoms with Crippen molar-refractivity contribution in [3.05, 3.63) is 143 Å². The lowest BCUT2D eigenvalue weighted by Crippen LogP contribution is -2.16. The van der Waals surface area contributed by atoms with E-state index in [1.807, 2.05) is 0 Å². The Bertz CT molecular complexity index is 1570. The van der Waals surface area contributed by atoms with E-state index in [0.717, 1.165) is 34.1 Å². The highest BCUT2D eigenvalue weighted by molar-refractivity contribution is 6.36. The normalized spacial score (nSPS) is 11.8. The Labute approximate surface area is 263 Å². The zero-order valence-corrected chi connectivity index (χ0v) is 27.5. The molecule has 0 spiro atoms. The summed E-state index contributed by atoms with van der Waals surface area (Å²) < 4.78 is 0. The van der Waals surface area contributed by atoms with Crippen LogP contribution in [-0.2, 0) is 10.8 Å². The molecule has 0 aliphatic rings. The quantitative estimate of drug-likeness (QED) is 0.195. The van der Waals surface area contributed by atoms with Crippen LogP contribution in [0.15, 0.2) is 115 Å². The molecule has 0 bridgehead atoms. The first kappa shape index (κ1) is 30.4. The van der Waals surface area contributed by atoms with Crippen LogP contribution in [0.4, 0.5) is 34.1 Å². The summed E-state index contributed by atoms with van der Waals surface area (Å²) in [4.78, 5) is 4.52. The predicted molar refractivity (Wildman–Crippen MR) is 188 cm³/mol. The second-order valence-electron chi connectivity index (χ2n) is 13.5. The molecule has 0 aliphatic heterocycles. The van der Waals surface area contributed by atoms with Gasteiger partial charge in [0.25, 0.3) is 0 Å². The smallest absolute Gasteiger partial charge is 0.0887 e. The maximum absolute atomic E-state index is 7.48. The van der Waals surface area contributed by atoms with E-state index < -0.39 is 0 Å². The van der Waals surface area contributed by atoms with Crippen LogP contribution in [0.5, 0.6) is 0 Å². The number of anilines is 6. The van der Waals surface area contributed by atoms with Gasteiger partial charge in [-0.3, -0.25) is 0 Å². The number of aryl methyl sites for hydroxylation is 2. The Morgan fingerprint density at radius 1 is 0.419 bits per heavy atom. The van der Waals surface area contributed by atoms with Crippen molar-refractivity contribution >= 4 is 45.7 Å². The van der Waals surface area contributed by atoms with E-state index in [9.17, 15) is 0 Å². The van der Waals surface area contributed by atoms with Crippen LogP contribution in [0, 0.1) is 13.8 Å². The molecule has 5 aromatic rings. The molecule has 0 aliphatic carbocycles. The molecule has 0 N–H and O–H groups in total. The summed E-state index contributed by atoms with van der Waals surface area (Å²) in [6.45, 7) is 17.7. The molecule has 0 fully saturated rings. The van der Waals surface area contributed by atoms with Gasteiger partial charge in [-0.2, -0.15) is 0 Å². The molecule has 43 heavy (non-hydrogen) atoms.